The molecule has 0 spiro atoms. The summed E-state index contributed by atoms with van der Waals surface area (Å²) in [5, 5.41) is 5.75. The number of aromatic nitrogens is 1. The first-order valence-electron chi connectivity index (χ1n) is 9.94. The third-order valence-corrected chi connectivity index (χ3v) is 5.11. The van der Waals surface area contributed by atoms with Crippen LogP contribution in [0.1, 0.15) is 30.5 Å². The highest BCUT2D eigenvalue weighted by Crippen LogP contribution is 2.20. The second-order valence-electron chi connectivity index (χ2n) is 7.61. The molecule has 1 aliphatic rings. The molecule has 0 unspecified atom stereocenters. The van der Waals surface area contributed by atoms with Gasteiger partial charge in [-0.25, -0.2) is 4.98 Å². The van der Waals surface area contributed by atoms with Crippen molar-refractivity contribution in [1.82, 2.24) is 15.2 Å². The summed E-state index contributed by atoms with van der Waals surface area (Å²) in [4.78, 5) is 33.2. The van der Waals surface area contributed by atoms with Crippen molar-refractivity contribution in [2.24, 2.45) is 0 Å². The van der Waals surface area contributed by atoms with Crippen LogP contribution in [0.4, 0.5) is 11.5 Å². The largest absolute Gasteiger partial charge is 0.354 e. The molecule has 1 saturated heterocycles. The van der Waals surface area contributed by atoms with Gasteiger partial charge in [-0.05, 0) is 31.7 Å². The smallest absolute Gasteiger partial charge is 0.226 e. The molecule has 154 valence electrons. The number of amides is 2. The van der Waals surface area contributed by atoms with E-state index in [0.717, 1.165) is 43.1 Å². The average Bonchev–Trinajstić information content (AvgIpc) is 2.69. The van der Waals surface area contributed by atoms with Crippen LogP contribution in [0.15, 0.2) is 42.6 Å². The molecule has 2 heterocycles. The maximum absolute atomic E-state index is 12.6. The van der Waals surface area contributed by atoms with Gasteiger partial charge in [-0.15, -0.1) is 0 Å². The number of likely N-dealkylation sites (N-methyl/N-ethyl adjacent to an activating group) is 1. The number of anilines is 2. The summed E-state index contributed by atoms with van der Waals surface area (Å²) in [7, 11) is 2.12. The fraction of sp³-hybridized carbons (Fsp3) is 0.409. The van der Waals surface area contributed by atoms with Crippen molar-refractivity contribution in [3.8, 4) is 0 Å². The molecule has 1 fully saturated rings. The Morgan fingerprint density at radius 1 is 1.07 bits per heavy atom. The molecule has 0 aliphatic carbocycles. The van der Waals surface area contributed by atoms with Crippen LogP contribution in [-0.4, -0.2) is 54.9 Å². The van der Waals surface area contributed by atoms with Gasteiger partial charge in [0.25, 0.3) is 0 Å². The SMILES string of the molecule is CC(=O)N[C@@H](CC(=O)Nc1ccc(N2CCN(C)CC2)nc1)c1ccc(C)cc1. The van der Waals surface area contributed by atoms with E-state index in [9.17, 15) is 9.59 Å². The van der Waals surface area contributed by atoms with Gasteiger partial charge >= 0.3 is 0 Å². The Morgan fingerprint density at radius 2 is 1.76 bits per heavy atom. The van der Waals surface area contributed by atoms with E-state index in [-0.39, 0.29) is 24.3 Å². The predicted octanol–water partition coefficient (Wildman–Crippen LogP) is 2.35. The molecule has 1 aromatic heterocycles. The summed E-state index contributed by atoms with van der Waals surface area (Å²) >= 11 is 0. The van der Waals surface area contributed by atoms with Crippen LogP contribution in [0, 0.1) is 6.92 Å². The predicted molar refractivity (Wildman–Crippen MR) is 115 cm³/mol. The van der Waals surface area contributed by atoms with E-state index in [1.54, 1.807) is 6.20 Å². The number of aryl methyl sites for hydroxylation is 1. The van der Waals surface area contributed by atoms with Crippen LogP contribution in [0.25, 0.3) is 0 Å². The first-order valence-corrected chi connectivity index (χ1v) is 9.94. The highest BCUT2D eigenvalue weighted by molar-refractivity contribution is 5.91. The maximum Gasteiger partial charge on any atom is 0.226 e. The van der Waals surface area contributed by atoms with Crippen LogP contribution in [0.5, 0.6) is 0 Å². The third kappa shape index (κ3) is 6.02. The number of carbonyl (C=O) groups is 2. The maximum atomic E-state index is 12.6. The van der Waals surface area contributed by atoms with Gasteiger partial charge in [-0.1, -0.05) is 29.8 Å². The van der Waals surface area contributed by atoms with E-state index in [1.165, 1.54) is 6.92 Å². The summed E-state index contributed by atoms with van der Waals surface area (Å²) in [6.07, 6.45) is 1.84. The summed E-state index contributed by atoms with van der Waals surface area (Å²) < 4.78 is 0. The third-order valence-electron chi connectivity index (χ3n) is 5.11. The molecule has 2 amide bonds. The van der Waals surface area contributed by atoms with Crippen molar-refractivity contribution in [2.45, 2.75) is 26.3 Å². The van der Waals surface area contributed by atoms with E-state index in [0.29, 0.717) is 5.69 Å². The van der Waals surface area contributed by atoms with Crippen LogP contribution < -0.4 is 15.5 Å². The number of carbonyl (C=O) groups excluding carboxylic acids is 2. The van der Waals surface area contributed by atoms with Crippen LogP contribution in [-0.2, 0) is 9.59 Å². The molecule has 0 saturated carbocycles. The molecule has 29 heavy (non-hydrogen) atoms. The zero-order valence-electron chi connectivity index (χ0n) is 17.3. The molecular weight excluding hydrogens is 366 g/mol. The van der Waals surface area contributed by atoms with E-state index in [4.69, 9.17) is 0 Å². The lowest BCUT2D eigenvalue weighted by Gasteiger charge is -2.33. The standard InChI is InChI=1S/C22H29N5O2/c1-16-4-6-18(7-5-16)20(24-17(2)28)14-22(29)25-19-8-9-21(23-15-19)27-12-10-26(3)11-13-27/h4-9,15,20H,10-14H2,1-3H3,(H,24,28)(H,25,29)/t20-/m0/s1. The van der Waals surface area contributed by atoms with Gasteiger partial charge in [-0.2, -0.15) is 0 Å². The van der Waals surface area contributed by atoms with Crippen molar-refractivity contribution < 1.29 is 9.59 Å². The molecule has 1 aromatic carbocycles. The molecule has 2 N–H and O–H groups in total. The lowest BCUT2D eigenvalue weighted by atomic mass is 10.0. The van der Waals surface area contributed by atoms with Crippen LogP contribution >= 0.6 is 0 Å². The Bertz CT molecular complexity index is 827. The molecule has 1 atom stereocenters. The normalized spacial score (nSPS) is 15.6. The monoisotopic (exact) mass is 395 g/mol. The van der Waals surface area contributed by atoms with E-state index in [2.05, 4.69) is 32.5 Å². The molecule has 2 aromatic rings. The van der Waals surface area contributed by atoms with Gasteiger partial charge in [-0.3, -0.25) is 9.59 Å². The Hall–Kier alpha value is -2.93. The number of nitrogens with one attached hydrogen (secondary N) is 2. The minimum absolute atomic E-state index is 0.156. The minimum Gasteiger partial charge on any atom is -0.354 e. The zero-order chi connectivity index (χ0) is 20.8. The van der Waals surface area contributed by atoms with Crippen LogP contribution in [0.2, 0.25) is 0 Å². The van der Waals surface area contributed by atoms with E-state index in [1.807, 2.05) is 43.3 Å². The number of pyridine rings is 1. The number of hydrogen-bond donors (Lipinski definition) is 2. The number of benzene rings is 1. The number of nitrogens with zero attached hydrogens (tertiary/aromatic N) is 3. The summed E-state index contributed by atoms with van der Waals surface area (Å²) in [5.74, 6) is 0.590. The lowest BCUT2D eigenvalue weighted by molar-refractivity contribution is -0.120. The zero-order valence-corrected chi connectivity index (χ0v) is 17.3. The van der Waals surface area contributed by atoms with Crippen molar-refractivity contribution in [3.63, 3.8) is 0 Å². The molecule has 0 radical (unpaired) electrons. The van der Waals surface area contributed by atoms with Gasteiger partial charge in [0.05, 0.1) is 24.3 Å². The van der Waals surface area contributed by atoms with Crippen molar-refractivity contribution in [3.05, 3.63) is 53.7 Å². The average molecular weight is 396 g/mol. The minimum atomic E-state index is -0.370. The van der Waals surface area contributed by atoms with E-state index >= 15 is 0 Å². The summed E-state index contributed by atoms with van der Waals surface area (Å²) in [5.41, 5.74) is 2.69. The molecule has 7 heteroatoms. The van der Waals surface area contributed by atoms with Gasteiger partial charge in [0, 0.05) is 33.1 Å². The molecule has 3 rings (SSSR count). The Balaban J connectivity index is 1.60. The quantitative estimate of drug-likeness (QED) is 0.785. The fourth-order valence-electron chi connectivity index (χ4n) is 3.38. The second kappa shape index (κ2) is 9.52. The second-order valence-corrected chi connectivity index (χ2v) is 7.61. The fourth-order valence-corrected chi connectivity index (χ4v) is 3.38. The van der Waals surface area contributed by atoms with E-state index < -0.39 is 0 Å². The van der Waals surface area contributed by atoms with Gasteiger partial charge in [0.1, 0.15) is 5.82 Å². The highest BCUT2D eigenvalue weighted by Gasteiger charge is 2.18. The Kier molecular flexibility index (Phi) is 6.82. The highest BCUT2D eigenvalue weighted by atomic mass is 16.2. The first-order chi connectivity index (χ1) is 13.9. The van der Waals surface area contributed by atoms with Crippen molar-refractivity contribution in [2.75, 3.05) is 43.4 Å². The molecule has 0 bridgehead atoms. The van der Waals surface area contributed by atoms with Crippen molar-refractivity contribution >= 4 is 23.3 Å². The lowest BCUT2D eigenvalue weighted by Crippen LogP contribution is -2.44. The van der Waals surface area contributed by atoms with Gasteiger partial charge in [0.15, 0.2) is 0 Å². The van der Waals surface area contributed by atoms with Crippen molar-refractivity contribution in [1.29, 1.82) is 0 Å². The number of piperazine rings is 1. The Labute approximate surface area is 172 Å². The summed E-state index contributed by atoms with van der Waals surface area (Å²) in [6, 6.07) is 11.3. The molecule has 7 nitrogen and oxygen atoms in total. The molecule has 1 aliphatic heterocycles. The first kappa shape index (κ1) is 20.8. The van der Waals surface area contributed by atoms with Crippen LogP contribution in [0.3, 0.4) is 0 Å². The van der Waals surface area contributed by atoms with Gasteiger partial charge < -0.3 is 20.4 Å². The van der Waals surface area contributed by atoms with Gasteiger partial charge in [0.2, 0.25) is 11.8 Å². The summed E-state index contributed by atoms with van der Waals surface area (Å²) in [6.45, 7) is 7.39. The molecular formula is C22H29N5O2. The number of rotatable bonds is 6. The topological polar surface area (TPSA) is 77.6 Å². The number of hydrogen-bond acceptors (Lipinski definition) is 5. The Morgan fingerprint density at radius 3 is 2.34 bits per heavy atom.